The van der Waals surface area contributed by atoms with E-state index in [1.54, 1.807) is 26.3 Å². The van der Waals surface area contributed by atoms with Crippen molar-refractivity contribution >= 4 is 34.4 Å². The smallest absolute Gasteiger partial charge is 0.344 e. The fraction of sp³-hybridized carbons (Fsp3) is 0.533. The lowest BCUT2D eigenvalue weighted by Gasteiger charge is -2.36. The molecule has 4 aliphatic heterocycles. The van der Waals surface area contributed by atoms with Crippen LogP contribution in [0.25, 0.3) is 33.3 Å². The Labute approximate surface area is 452 Å². The number of hydrogen-bond donors (Lipinski definition) is 3. The number of nitrogens with one attached hydrogen (secondary N) is 2. The zero-order valence-corrected chi connectivity index (χ0v) is 46.3. The number of methoxy groups -OCH3 is 1. The van der Waals surface area contributed by atoms with E-state index in [9.17, 15) is 14.8 Å². The van der Waals surface area contributed by atoms with Crippen molar-refractivity contribution in [2.24, 2.45) is 23.2 Å². The number of benzene rings is 3. The highest BCUT2D eigenvalue weighted by molar-refractivity contribution is 5.96. The average molecular weight is 1050 g/mol. The monoisotopic (exact) mass is 1050 g/mol. The van der Waals surface area contributed by atoms with Crippen molar-refractivity contribution in [1.29, 1.82) is 0 Å². The summed E-state index contributed by atoms with van der Waals surface area (Å²) < 4.78 is 20.8. The summed E-state index contributed by atoms with van der Waals surface area (Å²) in [5.41, 5.74) is 11.9. The van der Waals surface area contributed by atoms with Crippen molar-refractivity contribution in [3.05, 3.63) is 106 Å². The molecule has 1 saturated carbocycles. The van der Waals surface area contributed by atoms with Gasteiger partial charge >= 0.3 is 12.2 Å². The number of nitroso groups, excluding NO2 is 1. The fourth-order valence-electron chi connectivity index (χ4n) is 12.4. The number of aromatic hydroxyl groups is 1. The van der Waals surface area contributed by atoms with E-state index >= 15 is 9.59 Å². The summed E-state index contributed by atoms with van der Waals surface area (Å²) in [6.07, 6.45) is 3.31. The molecule has 0 radical (unpaired) electrons. The van der Waals surface area contributed by atoms with Crippen molar-refractivity contribution in [1.82, 2.24) is 35.2 Å². The maximum absolute atomic E-state index is 15.2. The third-order valence-corrected chi connectivity index (χ3v) is 17.2. The number of carbonyl (C=O) groups excluding carboxylic acids is 3. The van der Waals surface area contributed by atoms with Crippen molar-refractivity contribution in [2.75, 3.05) is 72.0 Å². The molecule has 6 heterocycles. The summed E-state index contributed by atoms with van der Waals surface area (Å²) in [6.45, 7) is 17.5. The second-order valence-corrected chi connectivity index (χ2v) is 23.2. The minimum Gasteiger partial charge on any atom is -0.508 e. The number of phenolic OH excluding ortho intramolecular Hbond substituents is 1. The number of hydrogen-bond acceptors (Lipinski definition) is 12. The van der Waals surface area contributed by atoms with Crippen LogP contribution in [0.4, 0.5) is 5.69 Å². The highest BCUT2D eigenvalue weighted by Crippen LogP contribution is 2.46. The van der Waals surface area contributed by atoms with Gasteiger partial charge in [0.1, 0.15) is 17.8 Å². The number of aromatic nitrogens is 2. The van der Waals surface area contributed by atoms with Gasteiger partial charge in [-0.25, -0.2) is 5.43 Å². The predicted octanol–water partition coefficient (Wildman–Crippen LogP) is 7.63. The molecule has 6 bridgehead atoms. The lowest BCUT2D eigenvalue weighted by molar-refractivity contribution is -0.763. The molecule has 3 saturated heterocycles. The molecule has 5 aliphatic rings. The quantitative estimate of drug-likeness (QED) is 0.0598. The van der Waals surface area contributed by atoms with Crippen LogP contribution >= 0.6 is 0 Å². The number of nitrogens with zero attached hydrogens (tertiary/aromatic N) is 7. The third-order valence-electron chi connectivity index (χ3n) is 17.2. The van der Waals surface area contributed by atoms with Crippen LogP contribution in [0, 0.1) is 28.1 Å². The highest BCUT2D eigenvalue weighted by Gasteiger charge is 2.54. The van der Waals surface area contributed by atoms with Crippen LogP contribution in [0.15, 0.2) is 79.0 Å². The number of pyridine rings is 1. The molecule has 10 rings (SSSR count). The van der Waals surface area contributed by atoms with Crippen LogP contribution in [0.1, 0.15) is 95.2 Å². The molecular formula is C60H78N9O8+. The van der Waals surface area contributed by atoms with Crippen molar-refractivity contribution < 1.29 is 38.6 Å². The van der Waals surface area contributed by atoms with E-state index in [1.165, 1.54) is 10.0 Å². The van der Waals surface area contributed by atoms with Crippen molar-refractivity contribution in [2.45, 2.75) is 117 Å². The van der Waals surface area contributed by atoms with Crippen molar-refractivity contribution in [3.63, 3.8) is 0 Å². The number of piperazine rings is 1. The Morgan fingerprint density at radius 1 is 1.03 bits per heavy atom. The first-order valence-corrected chi connectivity index (χ1v) is 27.8. The van der Waals surface area contributed by atoms with Crippen LogP contribution in [0.3, 0.4) is 0 Å². The van der Waals surface area contributed by atoms with Crippen LogP contribution in [-0.2, 0) is 48.0 Å². The van der Waals surface area contributed by atoms with Crippen LogP contribution in [-0.4, -0.2) is 144 Å². The Morgan fingerprint density at radius 2 is 1.79 bits per heavy atom. The Kier molecular flexibility index (Phi) is 15.5. The fourth-order valence-corrected chi connectivity index (χ4v) is 12.4. The van der Waals surface area contributed by atoms with Gasteiger partial charge in [0, 0.05) is 74.7 Å². The van der Waals surface area contributed by atoms with Gasteiger partial charge in [0.15, 0.2) is 10.9 Å². The second-order valence-electron chi connectivity index (χ2n) is 23.2. The first-order chi connectivity index (χ1) is 37.0. The molecule has 9 atom stereocenters. The molecule has 5 aromatic rings. The van der Waals surface area contributed by atoms with E-state index in [0.717, 1.165) is 93.3 Å². The zero-order valence-electron chi connectivity index (χ0n) is 46.3. The summed E-state index contributed by atoms with van der Waals surface area (Å²) in [6, 6.07) is 20.9. The molecule has 4 fully saturated rings. The second kappa shape index (κ2) is 22.2. The first kappa shape index (κ1) is 54.0. The summed E-state index contributed by atoms with van der Waals surface area (Å²) in [5.74, 6) is -1.84. The van der Waals surface area contributed by atoms with E-state index < -0.39 is 47.6 Å². The van der Waals surface area contributed by atoms with Gasteiger partial charge in [-0.1, -0.05) is 76.6 Å². The number of ether oxygens (including phenoxy) is 3. The van der Waals surface area contributed by atoms with Crippen LogP contribution in [0.2, 0.25) is 0 Å². The molecule has 1 aliphatic carbocycles. The standard InChI is InChI=1S/C60H77N9O8/c1-10-36(3)54(65(8)69(74)58-45(19-24-76-58)39-15-13-12-14-16-39)56(71)62-50-27-38-25-41(28-44(70)26-38)40-17-18-51-47(29-40)49(32-60(5,6)35-77-59(73)53-46-30-42(46)34-68(63-53)57(50)72)55(67(51)11-2)48-31-43(33-61-52(48)37(4)75-9)66-22-20-64(7)21-23-66/h12-18,25-26,28-29,31,33,36-37,42,45-46,50,53-54,58,63H,10-11,19-24,27,30,32,34-35H2,1-9H3,(H-,62,70,71)/p+1/t36-,37-,42?,45+,46-,50-,53-,54-,58+/m0/s1. The molecular weight excluding hydrogens is 975 g/mol. The lowest BCUT2D eigenvalue weighted by Crippen LogP contribution is -2.63. The third kappa shape index (κ3) is 10.9. The molecule has 0 spiro atoms. The topological polar surface area (TPSA) is 174 Å². The number of likely N-dealkylation sites (N-methyl/N-ethyl adjacent to an activating group) is 2. The lowest BCUT2D eigenvalue weighted by atomic mass is 9.84. The number of fused-ring (bicyclic) bond motifs is 8. The number of cyclic esters (lactones) is 1. The summed E-state index contributed by atoms with van der Waals surface area (Å²) in [4.78, 5) is 69.7. The SMILES string of the molecule is CC[C@H](C)[C@@H](C(=O)N[C@H]1Cc2cc(O)cc(c2)-c2ccc3c(c2)c(c(-c2cc(N4CCN(C)CC4)cnc2[C@H](C)OC)n3CC)CC(C)(C)COC(=O)[C@H]2NN(CC3C[C@@H]32)C1=O)N(C)[N+](=O)[C@@H]1OCC[C@@H]1c1ccccc1. The first-order valence-electron chi connectivity index (χ1n) is 27.8. The van der Waals surface area contributed by atoms with E-state index in [4.69, 9.17) is 19.2 Å². The molecule has 2 amide bonds. The number of anilines is 1. The number of amides is 2. The van der Waals surface area contributed by atoms with E-state index in [0.29, 0.717) is 44.5 Å². The van der Waals surface area contributed by atoms with Crippen LogP contribution < -0.4 is 15.6 Å². The molecule has 17 heteroatoms. The van der Waals surface area contributed by atoms with Gasteiger partial charge in [0.25, 0.3) is 5.91 Å². The Balaban J connectivity index is 1.06. The molecule has 410 valence electrons. The van der Waals surface area contributed by atoms with Crippen molar-refractivity contribution in [3.8, 4) is 28.1 Å². The van der Waals surface area contributed by atoms with Gasteiger partial charge in [0.2, 0.25) is 5.91 Å². The van der Waals surface area contributed by atoms with E-state index in [2.05, 4.69) is 77.2 Å². The van der Waals surface area contributed by atoms with Gasteiger partial charge in [-0.15, -0.1) is 5.01 Å². The Hall–Kier alpha value is -6.40. The van der Waals surface area contributed by atoms with Gasteiger partial charge in [-0.3, -0.25) is 24.4 Å². The maximum atomic E-state index is 15.2. The molecule has 2 aromatic heterocycles. The minimum absolute atomic E-state index is 0.00234. The highest BCUT2D eigenvalue weighted by atomic mass is 16.5. The van der Waals surface area contributed by atoms with Gasteiger partial charge < -0.3 is 39.0 Å². The van der Waals surface area contributed by atoms with E-state index in [1.807, 2.05) is 63.4 Å². The largest absolute Gasteiger partial charge is 0.508 e. The van der Waals surface area contributed by atoms with Crippen LogP contribution in [0.5, 0.6) is 5.75 Å². The Morgan fingerprint density at radius 3 is 2.52 bits per heavy atom. The number of esters is 1. The molecule has 3 aromatic carbocycles. The molecule has 77 heavy (non-hydrogen) atoms. The number of hydrazine groups is 2. The number of rotatable bonds is 13. The summed E-state index contributed by atoms with van der Waals surface area (Å²) in [5, 5.41) is 18.6. The summed E-state index contributed by atoms with van der Waals surface area (Å²) >= 11 is 0. The number of aryl methyl sites for hydroxylation is 1. The predicted molar refractivity (Wildman–Crippen MR) is 296 cm³/mol. The van der Waals surface area contributed by atoms with E-state index in [-0.39, 0.29) is 48.6 Å². The molecule has 3 N–H and O–H groups in total. The number of carbonyl (C=O) groups is 3. The number of phenols is 1. The Bertz CT molecular complexity index is 3010. The van der Waals surface area contributed by atoms with Gasteiger partial charge in [-0.05, 0) is 116 Å². The maximum Gasteiger partial charge on any atom is 0.344 e. The average Bonchev–Trinajstić information content (AvgIpc) is 4.06. The minimum atomic E-state index is -1.16. The molecule has 1 unspecified atom stereocenters. The molecule has 17 nitrogen and oxygen atoms in total. The zero-order chi connectivity index (χ0) is 54.4. The normalized spacial score (nSPS) is 24.8. The van der Waals surface area contributed by atoms with Gasteiger partial charge in [-0.2, -0.15) is 0 Å². The van der Waals surface area contributed by atoms with Gasteiger partial charge in [0.05, 0.1) is 60.5 Å². The summed E-state index contributed by atoms with van der Waals surface area (Å²) in [7, 11) is 5.47.